The Morgan fingerprint density at radius 2 is 1.71 bits per heavy atom. The van der Waals surface area contributed by atoms with E-state index in [1.165, 1.54) is 17.0 Å². The number of thioether (sulfide) groups is 1. The van der Waals surface area contributed by atoms with Crippen LogP contribution < -0.4 is 5.32 Å². The van der Waals surface area contributed by atoms with Crippen LogP contribution in [0.15, 0.2) is 66.7 Å². The van der Waals surface area contributed by atoms with Gasteiger partial charge in [0.25, 0.3) is 11.1 Å². The summed E-state index contributed by atoms with van der Waals surface area (Å²) in [5, 5.41) is 13.1. The van der Waals surface area contributed by atoms with Gasteiger partial charge in [0.15, 0.2) is 5.37 Å². The van der Waals surface area contributed by atoms with Crippen LogP contribution in [-0.2, 0) is 11.3 Å². The molecular formula is C21H16N2O4S. The van der Waals surface area contributed by atoms with Crippen molar-refractivity contribution in [3.8, 4) is 0 Å². The van der Waals surface area contributed by atoms with Crippen molar-refractivity contribution < 1.29 is 19.5 Å². The molecule has 0 unspecified atom stereocenters. The van der Waals surface area contributed by atoms with Gasteiger partial charge < -0.3 is 10.4 Å². The van der Waals surface area contributed by atoms with E-state index in [-0.39, 0.29) is 23.3 Å². The quantitative estimate of drug-likeness (QED) is 0.678. The maximum Gasteiger partial charge on any atom is 0.335 e. The number of hydrogen-bond donors (Lipinski definition) is 2. The molecule has 0 aromatic heterocycles. The Hall–Kier alpha value is -3.32. The van der Waals surface area contributed by atoms with Crippen LogP contribution in [0.3, 0.4) is 0 Å². The number of nitrogens with one attached hydrogen (secondary N) is 1. The van der Waals surface area contributed by atoms with Gasteiger partial charge in [0.2, 0.25) is 0 Å². The van der Waals surface area contributed by atoms with Crippen LogP contribution in [0.4, 0.5) is 10.5 Å². The van der Waals surface area contributed by atoms with Gasteiger partial charge in [0.1, 0.15) is 0 Å². The lowest BCUT2D eigenvalue weighted by molar-refractivity contribution is -0.126. The van der Waals surface area contributed by atoms with Crippen LogP contribution >= 0.6 is 11.8 Å². The first-order valence-corrected chi connectivity index (χ1v) is 9.49. The summed E-state index contributed by atoms with van der Waals surface area (Å²) < 4.78 is 0. The molecule has 2 amide bonds. The molecular weight excluding hydrogens is 376 g/mol. The van der Waals surface area contributed by atoms with Gasteiger partial charge in [0.05, 0.1) is 12.1 Å². The van der Waals surface area contributed by atoms with Crippen molar-refractivity contribution in [2.75, 3.05) is 5.32 Å². The van der Waals surface area contributed by atoms with Gasteiger partial charge in [0, 0.05) is 11.1 Å². The van der Waals surface area contributed by atoms with E-state index in [1.807, 2.05) is 42.5 Å². The second-order valence-corrected chi connectivity index (χ2v) is 7.42. The van der Waals surface area contributed by atoms with Crippen LogP contribution in [0.2, 0.25) is 0 Å². The Morgan fingerprint density at radius 3 is 2.46 bits per heavy atom. The molecule has 6 nitrogen and oxygen atoms in total. The smallest absolute Gasteiger partial charge is 0.335 e. The molecule has 1 saturated heterocycles. The molecule has 1 aliphatic heterocycles. The van der Waals surface area contributed by atoms with E-state index in [1.54, 1.807) is 12.1 Å². The first-order chi connectivity index (χ1) is 13.5. The maximum absolute atomic E-state index is 12.8. The zero-order chi connectivity index (χ0) is 19.7. The molecule has 0 saturated carbocycles. The number of aromatic carboxylic acids is 1. The predicted octanol–water partition coefficient (Wildman–Crippen LogP) is 4.17. The molecule has 1 aliphatic rings. The highest BCUT2D eigenvalue weighted by Gasteiger charge is 2.39. The Bertz CT molecular complexity index is 1080. The molecule has 0 radical (unpaired) electrons. The number of benzene rings is 3. The van der Waals surface area contributed by atoms with Gasteiger partial charge in [-0.25, -0.2) is 4.79 Å². The fourth-order valence-electron chi connectivity index (χ4n) is 3.11. The third-order valence-corrected chi connectivity index (χ3v) is 5.52. The Morgan fingerprint density at radius 1 is 1.00 bits per heavy atom. The number of carboxylic acid groups (broad SMARTS) is 1. The average Bonchev–Trinajstić information content (AvgIpc) is 2.96. The summed E-state index contributed by atoms with van der Waals surface area (Å²) in [6, 6.07) is 19.7. The first kappa shape index (κ1) is 18.1. The van der Waals surface area contributed by atoms with Gasteiger partial charge in [-0.1, -0.05) is 48.5 Å². The van der Waals surface area contributed by atoms with Crippen LogP contribution in [-0.4, -0.2) is 32.5 Å². The zero-order valence-electron chi connectivity index (χ0n) is 14.7. The first-order valence-electron chi connectivity index (χ1n) is 8.61. The summed E-state index contributed by atoms with van der Waals surface area (Å²) in [4.78, 5) is 37.3. The van der Waals surface area contributed by atoms with Gasteiger partial charge >= 0.3 is 5.97 Å². The zero-order valence-corrected chi connectivity index (χ0v) is 15.5. The Kier molecular flexibility index (Phi) is 4.75. The number of anilines is 1. The van der Waals surface area contributed by atoms with Crippen LogP contribution in [0.5, 0.6) is 0 Å². The number of rotatable bonds is 5. The molecule has 0 bridgehead atoms. The molecule has 1 atom stereocenters. The molecule has 0 aliphatic carbocycles. The fraction of sp³-hybridized carbons (Fsp3) is 0.0952. The molecule has 4 rings (SSSR count). The molecule has 28 heavy (non-hydrogen) atoms. The summed E-state index contributed by atoms with van der Waals surface area (Å²) in [6.45, 7) is 0.109. The lowest BCUT2D eigenvalue weighted by Crippen LogP contribution is -2.34. The fourth-order valence-corrected chi connectivity index (χ4v) is 4.01. The maximum atomic E-state index is 12.8. The largest absolute Gasteiger partial charge is 0.478 e. The summed E-state index contributed by atoms with van der Waals surface area (Å²) in [6.07, 6.45) is 0. The van der Waals surface area contributed by atoms with E-state index >= 15 is 0 Å². The number of carboxylic acids is 1. The second kappa shape index (κ2) is 7.36. The topological polar surface area (TPSA) is 86.7 Å². The molecule has 2 N–H and O–H groups in total. The monoisotopic (exact) mass is 392 g/mol. The minimum Gasteiger partial charge on any atom is -0.478 e. The standard InChI is InChI=1S/C21H16N2O4S/c24-19-18(22-17-7-3-5-14-4-1-2-6-16(14)17)28-21(27)23(19)12-13-8-10-15(11-9-13)20(25)26/h1-11,18,22H,12H2,(H,25,26)/t18-/m1/s1. The molecule has 7 heteroatoms. The summed E-state index contributed by atoms with van der Waals surface area (Å²) in [7, 11) is 0. The van der Waals surface area contributed by atoms with Crippen molar-refractivity contribution in [1.82, 2.24) is 4.90 Å². The van der Waals surface area contributed by atoms with E-state index in [9.17, 15) is 14.4 Å². The predicted molar refractivity (Wildman–Crippen MR) is 108 cm³/mol. The molecule has 1 heterocycles. The van der Waals surface area contributed by atoms with Crippen LogP contribution in [0.25, 0.3) is 10.8 Å². The second-order valence-electron chi connectivity index (χ2n) is 6.36. The van der Waals surface area contributed by atoms with E-state index in [0.717, 1.165) is 28.2 Å². The Balaban J connectivity index is 1.51. The number of hydrogen-bond acceptors (Lipinski definition) is 5. The van der Waals surface area contributed by atoms with Crippen molar-refractivity contribution in [1.29, 1.82) is 0 Å². The summed E-state index contributed by atoms with van der Waals surface area (Å²) >= 11 is 0.945. The molecule has 3 aromatic carbocycles. The summed E-state index contributed by atoms with van der Waals surface area (Å²) in [5.41, 5.74) is 1.65. The van der Waals surface area contributed by atoms with Gasteiger partial charge in [-0.05, 0) is 40.9 Å². The highest BCUT2D eigenvalue weighted by atomic mass is 32.2. The summed E-state index contributed by atoms with van der Waals surface area (Å²) in [5.74, 6) is -1.33. The van der Waals surface area contributed by atoms with Crippen molar-refractivity contribution in [3.63, 3.8) is 0 Å². The Labute approximate surface area is 165 Å². The molecule has 140 valence electrons. The average molecular weight is 392 g/mol. The number of carbonyl (C=O) groups excluding carboxylic acids is 2. The third kappa shape index (κ3) is 3.44. The van der Waals surface area contributed by atoms with E-state index in [4.69, 9.17) is 5.11 Å². The molecule has 0 spiro atoms. The number of fused-ring (bicyclic) bond motifs is 1. The molecule has 1 fully saturated rings. The number of carbonyl (C=O) groups is 3. The van der Waals surface area contributed by atoms with Crippen molar-refractivity contribution in [2.24, 2.45) is 0 Å². The minimum atomic E-state index is -1.02. The number of nitrogens with zero attached hydrogens (tertiary/aromatic N) is 1. The van der Waals surface area contributed by atoms with Crippen molar-refractivity contribution in [2.45, 2.75) is 11.9 Å². The highest BCUT2D eigenvalue weighted by Crippen LogP contribution is 2.32. The van der Waals surface area contributed by atoms with Crippen LogP contribution in [0.1, 0.15) is 15.9 Å². The third-order valence-electron chi connectivity index (χ3n) is 4.55. The van der Waals surface area contributed by atoms with E-state index in [2.05, 4.69) is 5.32 Å². The van der Waals surface area contributed by atoms with Crippen molar-refractivity contribution >= 4 is 45.3 Å². The van der Waals surface area contributed by atoms with Gasteiger partial charge in [-0.15, -0.1) is 0 Å². The number of amides is 2. The highest BCUT2D eigenvalue weighted by molar-refractivity contribution is 8.15. The normalized spacial score (nSPS) is 16.6. The lowest BCUT2D eigenvalue weighted by atomic mass is 10.1. The number of imide groups is 1. The van der Waals surface area contributed by atoms with Gasteiger partial charge in [-0.3, -0.25) is 14.5 Å². The van der Waals surface area contributed by atoms with Crippen molar-refractivity contribution in [3.05, 3.63) is 77.9 Å². The van der Waals surface area contributed by atoms with E-state index < -0.39 is 11.3 Å². The SMILES string of the molecule is O=C(O)c1ccc(CN2C(=O)S[C@@H](Nc3cccc4ccccc34)C2=O)cc1. The van der Waals surface area contributed by atoms with Crippen LogP contribution in [0, 0.1) is 0 Å². The minimum absolute atomic E-state index is 0.109. The lowest BCUT2D eigenvalue weighted by Gasteiger charge is -2.16. The van der Waals surface area contributed by atoms with E-state index in [0.29, 0.717) is 5.56 Å². The molecule has 3 aromatic rings. The van der Waals surface area contributed by atoms with Gasteiger partial charge in [-0.2, -0.15) is 0 Å².